The van der Waals surface area contributed by atoms with Crippen molar-refractivity contribution in [2.45, 2.75) is 0 Å². The second kappa shape index (κ2) is 5.30. The van der Waals surface area contributed by atoms with Crippen molar-refractivity contribution in [1.82, 2.24) is 0 Å². The molecule has 0 saturated carbocycles. The van der Waals surface area contributed by atoms with E-state index in [1.807, 2.05) is 24.3 Å². The minimum absolute atomic E-state index is 0.357. The Morgan fingerprint density at radius 2 is 1.84 bits per heavy atom. The number of carbonyl (C=O) groups is 1. The van der Waals surface area contributed by atoms with Crippen LogP contribution in [-0.2, 0) is 0 Å². The number of nitrogens with two attached hydrogens (primary N) is 2. The van der Waals surface area contributed by atoms with Crippen LogP contribution in [0.1, 0.15) is 10.4 Å². The second-order valence-corrected chi connectivity index (χ2v) is 3.99. The van der Waals surface area contributed by atoms with Gasteiger partial charge in [-0.25, -0.2) is 0 Å². The zero-order valence-electron chi connectivity index (χ0n) is 10.5. The summed E-state index contributed by atoms with van der Waals surface area (Å²) in [6, 6.07) is 12.3. The van der Waals surface area contributed by atoms with Crippen LogP contribution >= 0.6 is 0 Å². The molecule has 0 aromatic heterocycles. The van der Waals surface area contributed by atoms with Gasteiger partial charge in [-0.3, -0.25) is 4.79 Å². The smallest absolute Gasteiger partial charge is 0.250 e. The Labute approximate surface area is 111 Å². The normalized spacial score (nSPS) is 9.95. The lowest BCUT2D eigenvalue weighted by molar-refractivity contribution is 0.100. The number of para-hydroxylation sites is 1. The maximum Gasteiger partial charge on any atom is 0.250 e. The molecule has 0 spiro atoms. The Kier molecular flexibility index (Phi) is 3.56. The Balaban J connectivity index is 2.34. The van der Waals surface area contributed by atoms with E-state index < -0.39 is 5.91 Å². The van der Waals surface area contributed by atoms with Crippen LogP contribution in [0.15, 0.2) is 42.5 Å². The van der Waals surface area contributed by atoms with Gasteiger partial charge in [0, 0.05) is 5.69 Å². The van der Waals surface area contributed by atoms with Gasteiger partial charge in [0.15, 0.2) is 0 Å². The molecule has 0 unspecified atom stereocenters. The lowest BCUT2D eigenvalue weighted by atomic mass is 10.1. The molecule has 19 heavy (non-hydrogen) atoms. The third-order valence-corrected chi connectivity index (χ3v) is 2.72. The first kappa shape index (κ1) is 12.8. The SMILES string of the molecule is COc1ccc(Nc2c(N)cccc2C(N)=O)cc1. The Morgan fingerprint density at radius 1 is 1.16 bits per heavy atom. The quantitative estimate of drug-likeness (QED) is 0.732. The molecule has 0 atom stereocenters. The molecular formula is C14H15N3O2. The number of anilines is 3. The van der Waals surface area contributed by atoms with Gasteiger partial charge in [0.05, 0.1) is 24.0 Å². The first-order valence-corrected chi connectivity index (χ1v) is 5.71. The molecule has 0 aliphatic rings. The van der Waals surface area contributed by atoms with Gasteiger partial charge in [-0.2, -0.15) is 0 Å². The number of amides is 1. The molecular weight excluding hydrogens is 242 g/mol. The van der Waals surface area contributed by atoms with E-state index in [-0.39, 0.29) is 0 Å². The molecule has 0 heterocycles. The third-order valence-electron chi connectivity index (χ3n) is 2.72. The van der Waals surface area contributed by atoms with Crippen molar-refractivity contribution in [1.29, 1.82) is 0 Å². The van der Waals surface area contributed by atoms with Crippen molar-refractivity contribution in [3.63, 3.8) is 0 Å². The monoisotopic (exact) mass is 257 g/mol. The van der Waals surface area contributed by atoms with Crippen LogP contribution in [0.2, 0.25) is 0 Å². The van der Waals surface area contributed by atoms with E-state index in [0.29, 0.717) is 16.9 Å². The van der Waals surface area contributed by atoms with Crippen molar-refractivity contribution < 1.29 is 9.53 Å². The molecule has 2 aromatic rings. The molecule has 2 rings (SSSR count). The van der Waals surface area contributed by atoms with E-state index in [1.54, 1.807) is 25.3 Å². The topological polar surface area (TPSA) is 90.4 Å². The molecule has 0 bridgehead atoms. The molecule has 0 aliphatic carbocycles. The fourth-order valence-corrected chi connectivity index (χ4v) is 1.73. The summed E-state index contributed by atoms with van der Waals surface area (Å²) in [4.78, 5) is 11.4. The second-order valence-electron chi connectivity index (χ2n) is 3.99. The number of nitrogen functional groups attached to an aromatic ring is 1. The van der Waals surface area contributed by atoms with E-state index >= 15 is 0 Å². The molecule has 2 aromatic carbocycles. The van der Waals surface area contributed by atoms with Crippen molar-refractivity contribution in [3.05, 3.63) is 48.0 Å². The molecule has 1 amide bonds. The summed E-state index contributed by atoms with van der Waals surface area (Å²) in [5.74, 6) is 0.227. The zero-order valence-corrected chi connectivity index (χ0v) is 10.5. The Hall–Kier alpha value is -2.69. The van der Waals surface area contributed by atoms with Crippen molar-refractivity contribution in [3.8, 4) is 5.75 Å². The maximum absolute atomic E-state index is 11.4. The number of hydrogen-bond acceptors (Lipinski definition) is 4. The van der Waals surface area contributed by atoms with Gasteiger partial charge in [0.1, 0.15) is 5.75 Å². The van der Waals surface area contributed by atoms with Crippen LogP contribution < -0.4 is 21.5 Å². The van der Waals surface area contributed by atoms with Gasteiger partial charge in [-0.1, -0.05) is 6.07 Å². The summed E-state index contributed by atoms with van der Waals surface area (Å²) < 4.78 is 5.08. The summed E-state index contributed by atoms with van der Waals surface area (Å²) >= 11 is 0. The highest BCUT2D eigenvalue weighted by atomic mass is 16.5. The van der Waals surface area contributed by atoms with E-state index in [4.69, 9.17) is 16.2 Å². The van der Waals surface area contributed by atoms with E-state index in [2.05, 4.69) is 5.32 Å². The largest absolute Gasteiger partial charge is 0.497 e. The number of primary amides is 1. The molecule has 5 heteroatoms. The predicted octanol–water partition coefficient (Wildman–Crippen LogP) is 2.12. The maximum atomic E-state index is 11.4. The fraction of sp³-hybridized carbons (Fsp3) is 0.0714. The molecule has 0 fully saturated rings. The van der Waals surface area contributed by atoms with Gasteiger partial charge in [0.25, 0.3) is 5.91 Å². The number of hydrogen-bond donors (Lipinski definition) is 3. The van der Waals surface area contributed by atoms with Crippen LogP contribution in [-0.4, -0.2) is 13.0 Å². The number of carbonyl (C=O) groups excluding carboxylic acids is 1. The number of benzene rings is 2. The third kappa shape index (κ3) is 2.77. The minimum atomic E-state index is -0.525. The van der Waals surface area contributed by atoms with E-state index in [0.717, 1.165) is 11.4 Å². The molecule has 0 aliphatic heterocycles. The summed E-state index contributed by atoms with van der Waals surface area (Å²) in [5.41, 5.74) is 13.3. The minimum Gasteiger partial charge on any atom is -0.497 e. The van der Waals surface area contributed by atoms with Gasteiger partial charge < -0.3 is 21.5 Å². The fourth-order valence-electron chi connectivity index (χ4n) is 1.73. The number of methoxy groups -OCH3 is 1. The first-order valence-electron chi connectivity index (χ1n) is 5.71. The number of ether oxygens (including phenoxy) is 1. The van der Waals surface area contributed by atoms with Crippen LogP contribution in [0.4, 0.5) is 17.1 Å². The summed E-state index contributed by atoms with van der Waals surface area (Å²) in [6.07, 6.45) is 0. The van der Waals surface area contributed by atoms with Crippen LogP contribution in [0.5, 0.6) is 5.75 Å². The predicted molar refractivity (Wildman–Crippen MR) is 75.6 cm³/mol. The number of rotatable bonds is 4. The molecule has 5 nitrogen and oxygen atoms in total. The zero-order chi connectivity index (χ0) is 13.8. The van der Waals surface area contributed by atoms with Crippen LogP contribution in [0.3, 0.4) is 0 Å². The first-order chi connectivity index (χ1) is 9.11. The average Bonchev–Trinajstić information content (AvgIpc) is 2.41. The molecule has 0 saturated heterocycles. The summed E-state index contributed by atoms with van der Waals surface area (Å²) in [7, 11) is 1.60. The molecule has 5 N–H and O–H groups in total. The highest BCUT2D eigenvalue weighted by Crippen LogP contribution is 2.27. The summed E-state index contributed by atoms with van der Waals surface area (Å²) in [5, 5.41) is 3.09. The van der Waals surface area contributed by atoms with Crippen LogP contribution in [0.25, 0.3) is 0 Å². The Bertz CT molecular complexity index is 594. The van der Waals surface area contributed by atoms with Crippen molar-refractivity contribution in [2.24, 2.45) is 5.73 Å². The highest BCUT2D eigenvalue weighted by molar-refractivity contribution is 6.02. The summed E-state index contributed by atoms with van der Waals surface area (Å²) in [6.45, 7) is 0. The number of nitrogens with one attached hydrogen (secondary N) is 1. The van der Waals surface area contributed by atoms with E-state index in [1.165, 1.54) is 0 Å². The lowest BCUT2D eigenvalue weighted by Crippen LogP contribution is -2.14. The van der Waals surface area contributed by atoms with E-state index in [9.17, 15) is 4.79 Å². The lowest BCUT2D eigenvalue weighted by Gasteiger charge is -2.13. The average molecular weight is 257 g/mol. The molecule has 0 radical (unpaired) electrons. The van der Waals surface area contributed by atoms with Crippen molar-refractivity contribution in [2.75, 3.05) is 18.2 Å². The van der Waals surface area contributed by atoms with Crippen molar-refractivity contribution >= 4 is 23.0 Å². The van der Waals surface area contributed by atoms with Gasteiger partial charge in [-0.05, 0) is 36.4 Å². The Morgan fingerprint density at radius 3 is 2.42 bits per heavy atom. The standard InChI is InChI=1S/C14H15N3O2/c1-19-10-7-5-9(6-8-10)17-13-11(14(16)18)3-2-4-12(13)15/h2-8,17H,15H2,1H3,(H2,16,18). The van der Waals surface area contributed by atoms with Crippen LogP contribution in [0, 0.1) is 0 Å². The van der Waals surface area contributed by atoms with Gasteiger partial charge in [0.2, 0.25) is 0 Å². The van der Waals surface area contributed by atoms with Gasteiger partial charge in [-0.15, -0.1) is 0 Å². The van der Waals surface area contributed by atoms with Gasteiger partial charge >= 0.3 is 0 Å². The molecule has 98 valence electrons. The highest BCUT2D eigenvalue weighted by Gasteiger charge is 2.11.